The average Bonchev–Trinajstić information content (AvgIpc) is 2.44. The largest absolute Gasteiger partial charge is 0.507 e. The Morgan fingerprint density at radius 3 is 2.56 bits per heavy atom. The molecule has 0 radical (unpaired) electrons. The lowest BCUT2D eigenvalue weighted by Crippen LogP contribution is -1.82. The first-order valence-electron chi connectivity index (χ1n) is 5.49. The molecule has 0 atom stereocenters. The molecule has 0 saturated carbocycles. The summed E-state index contributed by atoms with van der Waals surface area (Å²) in [6.45, 7) is 0. The normalized spacial score (nSPS) is 10.7. The van der Waals surface area contributed by atoms with E-state index in [4.69, 9.17) is 0 Å². The van der Waals surface area contributed by atoms with Crippen molar-refractivity contribution >= 4 is 22.5 Å². The molecule has 3 rings (SSSR count). The predicted molar refractivity (Wildman–Crippen MR) is 71.8 cm³/mol. The fraction of sp³-hybridized carbons (Fsp3) is 0. The number of hydrogen-bond donors (Lipinski definition) is 1. The molecular weight excluding hydrogens is 244 g/mol. The van der Waals surface area contributed by atoms with Crippen LogP contribution in [-0.4, -0.2) is 15.1 Å². The van der Waals surface area contributed by atoms with Gasteiger partial charge in [0.2, 0.25) is 0 Å². The van der Waals surface area contributed by atoms with Gasteiger partial charge in [-0.3, -0.25) is 0 Å². The summed E-state index contributed by atoms with van der Waals surface area (Å²) in [5.74, 6) is 0.303. The summed E-state index contributed by atoms with van der Waals surface area (Å²) in [5, 5.41) is 12.6. The fourth-order valence-electron chi connectivity index (χ4n) is 1.80. The zero-order chi connectivity index (χ0) is 12.4. The van der Waals surface area contributed by atoms with Gasteiger partial charge in [-0.15, -0.1) is 0 Å². The Bertz CT molecular complexity index is 686. The van der Waals surface area contributed by atoms with Crippen LogP contribution in [0, 0.1) is 0 Å². The molecule has 0 unspecified atom stereocenters. The second-order valence-electron chi connectivity index (χ2n) is 3.78. The molecule has 1 aromatic heterocycles. The summed E-state index contributed by atoms with van der Waals surface area (Å²) in [6.07, 6.45) is 3.25. The van der Waals surface area contributed by atoms with Crippen LogP contribution in [0.4, 0.5) is 0 Å². The Morgan fingerprint density at radius 2 is 1.78 bits per heavy atom. The van der Waals surface area contributed by atoms with E-state index >= 15 is 0 Å². The number of aromatic nitrogens is 2. The van der Waals surface area contributed by atoms with Gasteiger partial charge in [0, 0.05) is 16.5 Å². The van der Waals surface area contributed by atoms with E-state index in [0.717, 1.165) is 20.7 Å². The van der Waals surface area contributed by atoms with E-state index in [0.29, 0.717) is 5.75 Å². The lowest BCUT2D eigenvalue weighted by molar-refractivity contribution is 0.481. The average molecular weight is 254 g/mol. The highest BCUT2D eigenvalue weighted by Gasteiger charge is 2.06. The lowest BCUT2D eigenvalue weighted by atomic mass is 10.1. The first-order chi connectivity index (χ1) is 8.84. The maximum absolute atomic E-state index is 9.83. The molecule has 0 bridgehead atoms. The minimum Gasteiger partial charge on any atom is -0.507 e. The Labute approximate surface area is 109 Å². The Kier molecular flexibility index (Phi) is 2.86. The van der Waals surface area contributed by atoms with Gasteiger partial charge in [0.1, 0.15) is 17.1 Å². The third kappa shape index (κ3) is 2.02. The van der Waals surface area contributed by atoms with E-state index in [1.54, 1.807) is 24.0 Å². The van der Waals surface area contributed by atoms with Gasteiger partial charge in [0.25, 0.3) is 0 Å². The molecule has 88 valence electrons. The Morgan fingerprint density at radius 1 is 0.944 bits per heavy atom. The maximum Gasteiger partial charge on any atom is 0.123 e. The number of phenolic OH excluding ortho intramolecular Hbond substituents is 1. The van der Waals surface area contributed by atoms with Gasteiger partial charge in [-0.1, -0.05) is 36.0 Å². The first-order valence-corrected chi connectivity index (χ1v) is 6.31. The molecule has 1 heterocycles. The summed E-state index contributed by atoms with van der Waals surface area (Å²) in [7, 11) is 0. The van der Waals surface area contributed by atoms with E-state index in [-0.39, 0.29) is 0 Å². The van der Waals surface area contributed by atoms with Crippen LogP contribution in [0.15, 0.2) is 64.9 Å². The number of benzene rings is 2. The van der Waals surface area contributed by atoms with Crippen molar-refractivity contribution in [3.8, 4) is 5.75 Å². The zero-order valence-corrected chi connectivity index (χ0v) is 10.3. The lowest BCUT2D eigenvalue weighted by Gasteiger charge is -2.06. The van der Waals surface area contributed by atoms with Crippen LogP contribution in [0.2, 0.25) is 0 Å². The summed E-state index contributed by atoms with van der Waals surface area (Å²) >= 11 is 1.56. The minimum atomic E-state index is 0.303. The monoisotopic (exact) mass is 254 g/mol. The molecule has 0 aliphatic carbocycles. The van der Waals surface area contributed by atoms with E-state index in [1.807, 2.05) is 36.4 Å². The van der Waals surface area contributed by atoms with Crippen LogP contribution in [0.25, 0.3) is 10.8 Å². The van der Waals surface area contributed by atoms with Crippen LogP contribution in [0.5, 0.6) is 5.75 Å². The standard InChI is InChI=1S/C14H10N2OS/c17-12-5-6-13(11-4-2-1-3-10(11)12)18-14-7-8-15-9-16-14/h1-9,17H. The minimum absolute atomic E-state index is 0.303. The third-order valence-corrected chi connectivity index (χ3v) is 3.66. The van der Waals surface area contributed by atoms with E-state index < -0.39 is 0 Å². The van der Waals surface area contributed by atoms with Gasteiger partial charge in [-0.25, -0.2) is 9.97 Å². The summed E-state index contributed by atoms with van der Waals surface area (Å²) in [5.41, 5.74) is 0. The van der Waals surface area contributed by atoms with Crippen molar-refractivity contribution in [1.29, 1.82) is 0 Å². The highest BCUT2D eigenvalue weighted by molar-refractivity contribution is 7.99. The van der Waals surface area contributed by atoms with Crippen molar-refractivity contribution in [1.82, 2.24) is 9.97 Å². The fourth-order valence-corrected chi connectivity index (χ4v) is 2.67. The Balaban J connectivity index is 2.10. The number of nitrogens with zero attached hydrogens (tertiary/aromatic N) is 2. The molecule has 0 aliphatic heterocycles. The molecule has 0 aliphatic rings. The van der Waals surface area contributed by atoms with Gasteiger partial charge in [-0.05, 0) is 23.6 Å². The predicted octanol–water partition coefficient (Wildman–Crippen LogP) is 3.49. The van der Waals surface area contributed by atoms with Crippen LogP contribution in [0.1, 0.15) is 0 Å². The van der Waals surface area contributed by atoms with Crippen molar-refractivity contribution in [2.75, 3.05) is 0 Å². The van der Waals surface area contributed by atoms with Gasteiger partial charge in [-0.2, -0.15) is 0 Å². The first kappa shape index (κ1) is 11.0. The molecule has 3 nitrogen and oxygen atoms in total. The SMILES string of the molecule is Oc1ccc(Sc2ccncn2)c2ccccc12. The molecule has 0 saturated heterocycles. The topological polar surface area (TPSA) is 46.0 Å². The van der Waals surface area contributed by atoms with Crippen molar-refractivity contribution in [2.45, 2.75) is 9.92 Å². The van der Waals surface area contributed by atoms with Crippen LogP contribution in [-0.2, 0) is 0 Å². The quantitative estimate of drug-likeness (QED) is 0.711. The molecule has 18 heavy (non-hydrogen) atoms. The number of phenols is 1. The van der Waals surface area contributed by atoms with E-state index in [2.05, 4.69) is 9.97 Å². The van der Waals surface area contributed by atoms with Crippen molar-refractivity contribution < 1.29 is 5.11 Å². The molecule has 2 aromatic carbocycles. The van der Waals surface area contributed by atoms with Gasteiger partial charge in [0.15, 0.2) is 0 Å². The zero-order valence-electron chi connectivity index (χ0n) is 9.45. The van der Waals surface area contributed by atoms with E-state index in [9.17, 15) is 5.11 Å². The maximum atomic E-state index is 9.83. The van der Waals surface area contributed by atoms with Gasteiger partial charge < -0.3 is 5.11 Å². The van der Waals surface area contributed by atoms with Crippen LogP contribution >= 0.6 is 11.8 Å². The number of aromatic hydroxyl groups is 1. The number of hydrogen-bond acceptors (Lipinski definition) is 4. The number of rotatable bonds is 2. The van der Waals surface area contributed by atoms with Gasteiger partial charge >= 0.3 is 0 Å². The summed E-state index contributed by atoms with van der Waals surface area (Å²) < 4.78 is 0. The Hall–Kier alpha value is -2.07. The third-order valence-electron chi connectivity index (χ3n) is 2.63. The molecule has 4 heteroatoms. The van der Waals surface area contributed by atoms with Crippen molar-refractivity contribution in [3.63, 3.8) is 0 Å². The van der Waals surface area contributed by atoms with Crippen molar-refractivity contribution in [3.05, 3.63) is 55.0 Å². The molecule has 0 fully saturated rings. The second kappa shape index (κ2) is 4.66. The van der Waals surface area contributed by atoms with Crippen LogP contribution in [0.3, 0.4) is 0 Å². The highest BCUT2D eigenvalue weighted by atomic mass is 32.2. The second-order valence-corrected chi connectivity index (χ2v) is 4.84. The number of fused-ring (bicyclic) bond motifs is 1. The van der Waals surface area contributed by atoms with Crippen molar-refractivity contribution in [2.24, 2.45) is 0 Å². The smallest absolute Gasteiger partial charge is 0.123 e. The molecule has 0 spiro atoms. The molecule has 3 aromatic rings. The van der Waals surface area contributed by atoms with Crippen LogP contribution < -0.4 is 0 Å². The molecular formula is C14H10N2OS. The molecule has 0 amide bonds. The van der Waals surface area contributed by atoms with Gasteiger partial charge in [0.05, 0.1) is 0 Å². The highest BCUT2D eigenvalue weighted by Crippen LogP contribution is 2.35. The summed E-state index contributed by atoms with van der Waals surface area (Å²) in [4.78, 5) is 9.16. The summed E-state index contributed by atoms with van der Waals surface area (Å²) in [6, 6.07) is 13.3. The van der Waals surface area contributed by atoms with E-state index in [1.165, 1.54) is 6.33 Å². The molecule has 1 N–H and O–H groups in total.